The smallest absolute Gasteiger partial charge is 0.00545 e. The highest BCUT2D eigenvalue weighted by atomic mass is 14.3. The van der Waals surface area contributed by atoms with E-state index in [-0.39, 0.29) is 5.41 Å². The predicted molar refractivity (Wildman–Crippen MR) is 106 cm³/mol. The molecule has 0 aromatic carbocycles. The van der Waals surface area contributed by atoms with Crippen LogP contribution in [-0.4, -0.2) is 0 Å². The molecule has 0 fully saturated rings. The number of rotatable bonds is 5. The Morgan fingerprint density at radius 2 is 1.83 bits per heavy atom. The van der Waals surface area contributed by atoms with Crippen LogP contribution in [0.1, 0.15) is 68.2 Å². The molecule has 0 unspecified atom stereocenters. The van der Waals surface area contributed by atoms with E-state index in [1.807, 2.05) is 6.08 Å². The van der Waals surface area contributed by atoms with Gasteiger partial charge in [-0.2, -0.15) is 0 Å². The molecule has 0 saturated heterocycles. The SMILES string of the molecule is C=CC1=C(/C=C\C)C(C(/C=C(\CC)C(C)(C)C)=C(C)C)=C(C)C1. The van der Waals surface area contributed by atoms with Crippen molar-refractivity contribution >= 4 is 0 Å². The highest BCUT2D eigenvalue weighted by Gasteiger charge is 2.23. The molecular weight excluding hydrogens is 276 g/mol. The zero-order chi connectivity index (χ0) is 17.8. The average Bonchev–Trinajstić information content (AvgIpc) is 2.75. The molecule has 0 spiro atoms. The van der Waals surface area contributed by atoms with Crippen molar-refractivity contribution in [3.63, 3.8) is 0 Å². The van der Waals surface area contributed by atoms with E-state index in [4.69, 9.17) is 0 Å². The lowest BCUT2D eigenvalue weighted by atomic mass is 9.81. The molecule has 1 aliphatic carbocycles. The van der Waals surface area contributed by atoms with Crippen LogP contribution in [-0.2, 0) is 0 Å². The van der Waals surface area contributed by atoms with Gasteiger partial charge >= 0.3 is 0 Å². The molecule has 0 aromatic rings. The Balaban J connectivity index is 3.57. The first-order chi connectivity index (χ1) is 10.7. The fraction of sp³-hybridized carbons (Fsp3) is 0.478. The molecule has 1 rings (SSSR count). The van der Waals surface area contributed by atoms with Crippen molar-refractivity contribution in [2.45, 2.75) is 68.2 Å². The highest BCUT2D eigenvalue weighted by molar-refractivity contribution is 5.66. The molecule has 23 heavy (non-hydrogen) atoms. The van der Waals surface area contributed by atoms with E-state index in [2.05, 4.69) is 80.2 Å². The highest BCUT2D eigenvalue weighted by Crippen LogP contribution is 2.41. The van der Waals surface area contributed by atoms with Gasteiger partial charge in [-0.25, -0.2) is 0 Å². The first-order valence-electron chi connectivity index (χ1n) is 8.74. The van der Waals surface area contributed by atoms with Crippen molar-refractivity contribution < 1.29 is 0 Å². The van der Waals surface area contributed by atoms with Crippen LogP contribution < -0.4 is 0 Å². The average molecular weight is 311 g/mol. The van der Waals surface area contributed by atoms with Gasteiger partial charge in [-0.3, -0.25) is 0 Å². The summed E-state index contributed by atoms with van der Waals surface area (Å²) < 4.78 is 0. The molecule has 0 amide bonds. The van der Waals surface area contributed by atoms with Gasteiger partial charge in [0.15, 0.2) is 0 Å². The summed E-state index contributed by atoms with van der Waals surface area (Å²) in [5, 5.41) is 0. The second kappa shape index (κ2) is 7.81. The van der Waals surface area contributed by atoms with E-state index in [9.17, 15) is 0 Å². The van der Waals surface area contributed by atoms with Crippen LogP contribution in [0, 0.1) is 5.41 Å². The predicted octanol–water partition coefficient (Wildman–Crippen LogP) is 7.48. The summed E-state index contributed by atoms with van der Waals surface area (Å²) in [5.74, 6) is 0. The lowest BCUT2D eigenvalue weighted by molar-refractivity contribution is 0.488. The van der Waals surface area contributed by atoms with Gasteiger partial charge in [-0.15, -0.1) is 0 Å². The van der Waals surface area contributed by atoms with Gasteiger partial charge in [0.25, 0.3) is 0 Å². The molecule has 126 valence electrons. The molecule has 0 bridgehead atoms. The maximum Gasteiger partial charge on any atom is -0.00545 e. The lowest BCUT2D eigenvalue weighted by Gasteiger charge is -2.24. The third-order valence-corrected chi connectivity index (χ3v) is 4.55. The number of allylic oxidation sites excluding steroid dienone is 11. The normalized spacial score (nSPS) is 16.6. The Morgan fingerprint density at radius 1 is 1.22 bits per heavy atom. The van der Waals surface area contributed by atoms with Crippen molar-refractivity contribution in [2.24, 2.45) is 5.41 Å². The minimum absolute atomic E-state index is 0.203. The lowest BCUT2D eigenvalue weighted by Crippen LogP contribution is -2.09. The second-order valence-corrected chi connectivity index (χ2v) is 7.66. The van der Waals surface area contributed by atoms with Gasteiger partial charge in [0.2, 0.25) is 0 Å². The molecule has 0 atom stereocenters. The summed E-state index contributed by atoms with van der Waals surface area (Å²) in [4.78, 5) is 0. The van der Waals surface area contributed by atoms with Gasteiger partial charge < -0.3 is 0 Å². The van der Waals surface area contributed by atoms with Crippen LogP contribution >= 0.6 is 0 Å². The quantitative estimate of drug-likeness (QED) is 0.461. The van der Waals surface area contributed by atoms with Gasteiger partial charge in [0, 0.05) is 0 Å². The minimum atomic E-state index is 0.203. The molecule has 0 radical (unpaired) electrons. The maximum absolute atomic E-state index is 4.01. The molecule has 0 nitrogen and oxygen atoms in total. The standard InChI is InChI=1S/C23H34/c1-10-13-20-18(11-2)14-17(6)22(20)21(16(4)5)15-19(12-3)23(7,8)9/h10-11,13,15H,2,12,14H2,1,3-9H3/b13-10-,19-15+. The van der Waals surface area contributed by atoms with Crippen LogP contribution in [0.15, 0.2) is 69.9 Å². The minimum Gasteiger partial charge on any atom is -0.0988 e. The first-order valence-corrected chi connectivity index (χ1v) is 8.74. The largest absolute Gasteiger partial charge is 0.0988 e. The summed E-state index contributed by atoms with van der Waals surface area (Å²) in [7, 11) is 0. The van der Waals surface area contributed by atoms with Gasteiger partial charge in [0.05, 0.1) is 0 Å². The summed E-state index contributed by atoms with van der Waals surface area (Å²) in [5.41, 5.74) is 10.0. The van der Waals surface area contributed by atoms with Crippen LogP contribution in [0.25, 0.3) is 0 Å². The number of hydrogen-bond acceptors (Lipinski definition) is 0. The fourth-order valence-corrected chi connectivity index (χ4v) is 3.26. The van der Waals surface area contributed by atoms with Crippen LogP contribution in [0.5, 0.6) is 0 Å². The third-order valence-electron chi connectivity index (χ3n) is 4.55. The molecule has 0 N–H and O–H groups in total. The van der Waals surface area contributed by atoms with Crippen LogP contribution in [0.2, 0.25) is 0 Å². The molecule has 0 aromatic heterocycles. The molecular formula is C23H34. The monoisotopic (exact) mass is 310 g/mol. The van der Waals surface area contributed by atoms with Crippen molar-refractivity contribution in [1.29, 1.82) is 0 Å². The topological polar surface area (TPSA) is 0 Å². The summed E-state index contributed by atoms with van der Waals surface area (Å²) in [6, 6.07) is 0. The summed E-state index contributed by atoms with van der Waals surface area (Å²) in [6.45, 7) is 22.0. The van der Waals surface area contributed by atoms with Crippen molar-refractivity contribution in [3.05, 3.63) is 69.9 Å². The Hall–Kier alpha value is -1.56. The van der Waals surface area contributed by atoms with Crippen LogP contribution in [0.4, 0.5) is 0 Å². The Kier molecular flexibility index (Phi) is 6.62. The van der Waals surface area contributed by atoms with E-state index >= 15 is 0 Å². The van der Waals surface area contributed by atoms with Crippen molar-refractivity contribution in [2.75, 3.05) is 0 Å². The molecule has 0 saturated carbocycles. The molecule has 0 aliphatic heterocycles. The van der Waals surface area contributed by atoms with Crippen molar-refractivity contribution in [3.8, 4) is 0 Å². The van der Waals surface area contributed by atoms with Gasteiger partial charge in [-0.05, 0) is 68.2 Å². The summed E-state index contributed by atoms with van der Waals surface area (Å²) in [6.07, 6.45) is 10.9. The zero-order valence-electron chi connectivity index (χ0n) is 16.4. The Morgan fingerprint density at radius 3 is 2.22 bits per heavy atom. The number of hydrogen-bond donors (Lipinski definition) is 0. The maximum atomic E-state index is 4.01. The Bertz CT molecular complexity index is 615. The van der Waals surface area contributed by atoms with E-state index < -0.39 is 0 Å². The third kappa shape index (κ3) is 4.47. The molecule has 0 heteroatoms. The molecule has 0 heterocycles. The summed E-state index contributed by atoms with van der Waals surface area (Å²) >= 11 is 0. The first kappa shape index (κ1) is 19.5. The van der Waals surface area contributed by atoms with Crippen LogP contribution in [0.3, 0.4) is 0 Å². The van der Waals surface area contributed by atoms with E-state index in [0.717, 1.165) is 12.8 Å². The van der Waals surface area contributed by atoms with E-state index in [1.54, 1.807) is 0 Å². The zero-order valence-corrected chi connectivity index (χ0v) is 16.4. The van der Waals surface area contributed by atoms with Crippen molar-refractivity contribution in [1.82, 2.24) is 0 Å². The Labute approximate surface area is 144 Å². The fourth-order valence-electron chi connectivity index (χ4n) is 3.26. The van der Waals surface area contributed by atoms with Gasteiger partial charge in [-0.1, -0.05) is 75.3 Å². The van der Waals surface area contributed by atoms with Gasteiger partial charge in [0.1, 0.15) is 0 Å². The van der Waals surface area contributed by atoms with E-state index in [1.165, 1.54) is 39.0 Å². The second-order valence-electron chi connectivity index (χ2n) is 7.66. The molecule has 1 aliphatic rings. The van der Waals surface area contributed by atoms with E-state index in [0.29, 0.717) is 0 Å².